The Morgan fingerprint density at radius 3 is 2.08 bits per heavy atom. The van der Waals surface area contributed by atoms with Gasteiger partial charge in [0, 0.05) is 6.61 Å². The highest BCUT2D eigenvalue weighted by atomic mass is 16.7. The summed E-state index contributed by atoms with van der Waals surface area (Å²) < 4.78 is 10.3. The van der Waals surface area contributed by atoms with E-state index >= 15 is 0 Å². The van der Waals surface area contributed by atoms with Crippen LogP contribution in [0.15, 0.2) is 0 Å². The van der Waals surface area contributed by atoms with Crippen LogP contribution in [0.5, 0.6) is 0 Å². The van der Waals surface area contributed by atoms with Crippen molar-refractivity contribution in [2.45, 2.75) is 40.0 Å². The number of hydrogen-bond donors (Lipinski definition) is 1. The van der Waals surface area contributed by atoms with E-state index in [1.165, 1.54) is 0 Å². The predicted octanol–water partition coefficient (Wildman–Crippen LogP) is 1.72. The van der Waals surface area contributed by atoms with Gasteiger partial charge in [-0.05, 0) is 12.8 Å². The van der Waals surface area contributed by atoms with E-state index in [1.54, 1.807) is 0 Å². The lowest BCUT2D eigenvalue weighted by Crippen LogP contribution is -2.29. The first kappa shape index (κ1) is 11.9. The topological polar surface area (TPSA) is 44.5 Å². The number of nitrogens with two attached hydrogens (primary N) is 1. The maximum absolute atomic E-state index is 5.50. The van der Waals surface area contributed by atoms with Crippen molar-refractivity contribution in [1.82, 2.24) is 0 Å². The van der Waals surface area contributed by atoms with E-state index in [-0.39, 0.29) is 0 Å². The molecular weight excluding hydrogens is 154 g/mol. The average Bonchev–Trinajstić information content (AvgIpc) is 2.07. The summed E-state index contributed by atoms with van der Waals surface area (Å²) in [5.74, 6) is 0.608. The first-order chi connectivity index (χ1) is 5.74. The van der Waals surface area contributed by atoms with Gasteiger partial charge in [-0.1, -0.05) is 26.7 Å². The Balaban J connectivity index is 3.37. The minimum Gasteiger partial charge on any atom is -0.340 e. The molecule has 1 unspecified atom stereocenters. The van der Waals surface area contributed by atoms with Crippen LogP contribution in [0, 0.1) is 5.92 Å². The van der Waals surface area contributed by atoms with Crippen molar-refractivity contribution < 1.29 is 9.47 Å². The van der Waals surface area contributed by atoms with Crippen LogP contribution >= 0.6 is 0 Å². The average molecular weight is 175 g/mol. The van der Waals surface area contributed by atoms with Gasteiger partial charge in [-0.3, -0.25) is 5.73 Å². The molecule has 0 spiro atoms. The zero-order chi connectivity index (χ0) is 9.40. The van der Waals surface area contributed by atoms with E-state index in [2.05, 4.69) is 13.8 Å². The molecular formula is C9H21NO2. The second kappa shape index (κ2) is 7.53. The third-order valence-electron chi connectivity index (χ3n) is 1.98. The van der Waals surface area contributed by atoms with Crippen LogP contribution in [0.2, 0.25) is 0 Å². The molecule has 74 valence electrons. The minimum atomic E-state index is -0.546. The van der Waals surface area contributed by atoms with Crippen LogP contribution in [-0.4, -0.2) is 19.6 Å². The Morgan fingerprint density at radius 2 is 1.67 bits per heavy atom. The highest BCUT2D eigenvalue weighted by molar-refractivity contribution is 4.51. The molecule has 0 fully saturated rings. The molecule has 0 heterocycles. The SMILES string of the molecule is CCOC(N)OCC(CC)CC. The van der Waals surface area contributed by atoms with E-state index in [9.17, 15) is 0 Å². The Bertz CT molecular complexity index is 94.5. The van der Waals surface area contributed by atoms with Crippen molar-refractivity contribution in [2.75, 3.05) is 13.2 Å². The predicted molar refractivity (Wildman–Crippen MR) is 49.6 cm³/mol. The molecule has 0 saturated heterocycles. The monoisotopic (exact) mass is 175 g/mol. The van der Waals surface area contributed by atoms with Crippen LogP contribution in [-0.2, 0) is 9.47 Å². The summed E-state index contributed by atoms with van der Waals surface area (Å²) in [6, 6.07) is 0. The largest absolute Gasteiger partial charge is 0.340 e. The maximum atomic E-state index is 5.50. The summed E-state index contributed by atoms with van der Waals surface area (Å²) in [6.07, 6.45) is 1.72. The van der Waals surface area contributed by atoms with E-state index in [0.29, 0.717) is 19.1 Å². The third-order valence-corrected chi connectivity index (χ3v) is 1.98. The van der Waals surface area contributed by atoms with Crippen LogP contribution in [0.4, 0.5) is 0 Å². The first-order valence-corrected chi connectivity index (χ1v) is 4.73. The Hall–Kier alpha value is -0.120. The summed E-state index contributed by atoms with van der Waals surface area (Å²) in [5.41, 5.74) is 5.50. The summed E-state index contributed by atoms with van der Waals surface area (Å²) in [5, 5.41) is 0. The normalized spacial score (nSPS) is 13.8. The van der Waals surface area contributed by atoms with E-state index < -0.39 is 6.41 Å². The van der Waals surface area contributed by atoms with Gasteiger partial charge >= 0.3 is 0 Å². The molecule has 0 bridgehead atoms. The molecule has 0 aromatic carbocycles. The minimum absolute atomic E-state index is 0.546. The van der Waals surface area contributed by atoms with Gasteiger partial charge in [0.1, 0.15) is 0 Å². The Kier molecular flexibility index (Phi) is 7.45. The molecule has 0 amide bonds. The van der Waals surface area contributed by atoms with Crippen molar-refractivity contribution in [2.24, 2.45) is 11.7 Å². The summed E-state index contributed by atoms with van der Waals surface area (Å²) >= 11 is 0. The summed E-state index contributed by atoms with van der Waals surface area (Å²) in [4.78, 5) is 0. The molecule has 0 aliphatic heterocycles. The van der Waals surface area contributed by atoms with E-state index in [1.807, 2.05) is 6.92 Å². The molecule has 0 aromatic heterocycles. The number of ether oxygens (including phenoxy) is 2. The maximum Gasteiger partial charge on any atom is 0.213 e. The van der Waals surface area contributed by atoms with Gasteiger partial charge in [-0.2, -0.15) is 0 Å². The molecule has 0 saturated carbocycles. The quantitative estimate of drug-likeness (QED) is 0.599. The molecule has 0 radical (unpaired) electrons. The highest BCUT2D eigenvalue weighted by Gasteiger charge is 2.06. The molecule has 12 heavy (non-hydrogen) atoms. The Morgan fingerprint density at radius 1 is 1.08 bits per heavy atom. The molecule has 1 atom stereocenters. The van der Waals surface area contributed by atoms with E-state index in [4.69, 9.17) is 15.2 Å². The molecule has 0 aromatic rings. The fraction of sp³-hybridized carbons (Fsp3) is 1.00. The zero-order valence-corrected chi connectivity index (χ0v) is 8.38. The van der Waals surface area contributed by atoms with Gasteiger partial charge < -0.3 is 9.47 Å². The van der Waals surface area contributed by atoms with Gasteiger partial charge in [-0.15, -0.1) is 0 Å². The van der Waals surface area contributed by atoms with Crippen molar-refractivity contribution in [1.29, 1.82) is 0 Å². The van der Waals surface area contributed by atoms with Gasteiger partial charge in [0.05, 0.1) is 6.61 Å². The van der Waals surface area contributed by atoms with Gasteiger partial charge in [0.15, 0.2) is 0 Å². The number of rotatable bonds is 7. The Labute approximate surface area is 75.2 Å². The smallest absolute Gasteiger partial charge is 0.213 e. The third kappa shape index (κ3) is 5.52. The van der Waals surface area contributed by atoms with Gasteiger partial charge in [0.25, 0.3) is 0 Å². The van der Waals surface area contributed by atoms with Crippen LogP contribution in [0.1, 0.15) is 33.6 Å². The van der Waals surface area contributed by atoms with Crippen LogP contribution in [0.25, 0.3) is 0 Å². The van der Waals surface area contributed by atoms with Crippen molar-refractivity contribution in [3.8, 4) is 0 Å². The standard InChI is InChI=1S/C9H21NO2/c1-4-8(5-2)7-12-9(10)11-6-3/h8-9H,4-7,10H2,1-3H3. The second-order valence-corrected chi connectivity index (χ2v) is 2.84. The fourth-order valence-corrected chi connectivity index (χ4v) is 0.968. The second-order valence-electron chi connectivity index (χ2n) is 2.84. The zero-order valence-electron chi connectivity index (χ0n) is 8.38. The van der Waals surface area contributed by atoms with Gasteiger partial charge in [0.2, 0.25) is 6.41 Å². The van der Waals surface area contributed by atoms with Crippen LogP contribution < -0.4 is 5.73 Å². The lowest BCUT2D eigenvalue weighted by atomic mass is 10.1. The van der Waals surface area contributed by atoms with Crippen molar-refractivity contribution >= 4 is 0 Å². The molecule has 3 nitrogen and oxygen atoms in total. The van der Waals surface area contributed by atoms with E-state index in [0.717, 1.165) is 12.8 Å². The number of hydrogen-bond acceptors (Lipinski definition) is 3. The molecule has 0 rings (SSSR count). The lowest BCUT2D eigenvalue weighted by Gasteiger charge is -2.17. The van der Waals surface area contributed by atoms with Crippen LogP contribution in [0.3, 0.4) is 0 Å². The molecule has 0 aliphatic rings. The molecule has 3 heteroatoms. The molecule has 0 aliphatic carbocycles. The van der Waals surface area contributed by atoms with Crippen molar-refractivity contribution in [3.05, 3.63) is 0 Å². The first-order valence-electron chi connectivity index (χ1n) is 4.73. The summed E-state index contributed by atoms with van der Waals surface area (Å²) in [7, 11) is 0. The lowest BCUT2D eigenvalue weighted by molar-refractivity contribution is -0.143. The highest BCUT2D eigenvalue weighted by Crippen LogP contribution is 2.07. The van der Waals surface area contributed by atoms with Crippen molar-refractivity contribution in [3.63, 3.8) is 0 Å². The molecule has 2 N–H and O–H groups in total. The summed E-state index contributed by atoms with van der Waals surface area (Å²) in [6.45, 7) is 7.52. The van der Waals surface area contributed by atoms with Gasteiger partial charge in [-0.25, -0.2) is 0 Å². The fourth-order valence-electron chi connectivity index (χ4n) is 0.968.